The molecule has 150 valence electrons. The molecular formula is C21H26N2O4S. The van der Waals surface area contributed by atoms with Gasteiger partial charge in [-0.25, -0.2) is 12.7 Å². The number of anilines is 1. The molecule has 6 nitrogen and oxygen atoms in total. The lowest BCUT2D eigenvalue weighted by Gasteiger charge is -2.18. The van der Waals surface area contributed by atoms with Crippen LogP contribution in [0.3, 0.4) is 0 Å². The number of rotatable bonds is 6. The van der Waals surface area contributed by atoms with Crippen LogP contribution in [0.5, 0.6) is 5.75 Å². The lowest BCUT2D eigenvalue weighted by Crippen LogP contribution is -2.33. The minimum atomic E-state index is -3.49. The van der Waals surface area contributed by atoms with Gasteiger partial charge in [0.1, 0.15) is 5.75 Å². The molecule has 0 saturated carbocycles. The van der Waals surface area contributed by atoms with E-state index in [-0.39, 0.29) is 17.4 Å². The van der Waals surface area contributed by atoms with E-state index in [1.807, 2.05) is 24.3 Å². The van der Waals surface area contributed by atoms with Crippen molar-refractivity contribution in [2.75, 3.05) is 32.1 Å². The highest BCUT2D eigenvalue weighted by Gasteiger charge is 2.27. The molecule has 0 radical (unpaired) electrons. The predicted molar refractivity (Wildman–Crippen MR) is 109 cm³/mol. The average Bonchev–Trinajstić information content (AvgIpc) is 3.09. The molecule has 2 aromatic rings. The SMILES string of the molecule is CC(C)c1ccc(OCC(=O)N2CCc3cc(S(=O)(=O)N(C)C)ccc32)cc1. The minimum Gasteiger partial charge on any atom is -0.484 e. The van der Waals surface area contributed by atoms with E-state index in [2.05, 4.69) is 13.8 Å². The second-order valence-electron chi connectivity index (χ2n) is 7.39. The summed E-state index contributed by atoms with van der Waals surface area (Å²) < 4.78 is 31.4. The van der Waals surface area contributed by atoms with Gasteiger partial charge in [0, 0.05) is 26.3 Å². The maximum absolute atomic E-state index is 12.6. The Morgan fingerprint density at radius 1 is 1.14 bits per heavy atom. The number of sulfonamides is 1. The van der Waals surface area contributed by atoms with Gasteiger partial charge in [-0.05, 0) is 53.8 Å². The van der Waals surface area contributed by atoms with Crippen molar-refractivity contribution < 1.29 is 17.9 Å². The van der Waals surface area contributed by atoms with Gasteiger partial charge in [-0.1, -0.05) is 26.0 Å². The number of hydrogen-bond donors (Lipinski definition) is 0. The molecule has 0 bridgehead atoms. The standard InChI is InChI=1S/C21H26N2O4S/c1-15(2)16-5-7-18(8-6-16)27-14-21(24)23-12-11-17-13-19(9-10-20(17)23)28(25,26)22(3)4/h5-10,13,15H,11-12,14H2,1-4H3. The van der Waals surface area contributed by atoms with E-state index in [1.165, 1.54) is 24.0 Å². The Hall–Kier alpha value is -2.38. The largest absolute Gasteiger partial charge is 0.484 e. The number of ether oxygens (including phenoxy) is 1. The van der Waals surface area contributed by atoms with Crippen LogP contribution >= 0.6 is 0 Å². The Bertz CT molecular complexity index is 966. The third kappa shape index (κ3) is 4.05. The Balaban J connectivity index is 1.69. The highest BCUT2D eigenvalue weighted by atomic mass is 32.2. The topological polar surface area (TPSA) is 66.9 Å². The van der Waals surface area contributed by atoms with Crippen molar-refractivity contribution in [1.29, 1.82) is 0 Å². The Labute approximate surface area is 166 Å². The summed E-state index contributed by atoms with van der Waals surface area (Å²) >= 11 is 0. The van der Waals surface area contributed by atoms with Gasteiger partial charge >= 0.3 is 0 Å². The van der Waals surface area contributed by atoms with E-state index in [0.717, 1.165) is 11.3 Å². The third-order valence-electron chi connectivity index (χ3n) is 4.94. The van der Waals surface area contributed by atoms with Crippen LogP contribution in [-0.2, 0) is 21.2 Å². The van der Waals surface area contributed by atoms with E-state index in [1.54, 1.807) is 23.1 Å². The van der Waals surface area contributed by atoms with Gasteiger partial charge in [0.2, 0.25) is 10.0 Å². The van der Waals surface area contributed by atoms with Crippen molar-refractivity contribution in [2.45, 2.75) is 31.1 Å². The monoisotopic (exact) mass is 402 g/mol. The summed E-state index contributed by atoms with van der Waals surface area (Å²) in [5, 5.41) is 0. The fourth-order valence-electron chi connectivity index (χ4n) is 3.18. The number of hydrogen-bond acceptors (Lipinski definition) is 4. The van der Waals surface area contributed by atoms with Crippen molar-refractivity contribution in [3.05, 3.63) is 53.6 Å². The zero-order valence-electron chi connectivity index (χ0n) is 16.7. The van der Waals surface area contributed by atoms with Crippen LogP contribution in [0.2, 0.25) is 0 Å². The molecule has 1 aliphatic heterocycles. The molecule has 1 heterocycles. The summed E-state index contributed by atoms with van der Waals surface area (Å²) in [5.74, 6) is 0.956. The number of amides is 1. The number of carbonyl (C=O) groups is 1. The highest BCUT2D eigenvalue weighted by molar-refractivity contribution is 7.89. The Kier molecular flexibility index (Phi) is 5.76. The first-order valence-corrected chi connectivity index (χ1v) is 10.7. The van der Waals surface area contributed by atoms with Gasteiger partial charge in [-0.3, -0.25) is 4.79 Å². The first-order chi connectivity index (χ1) is 13.2. The first kappa shape index (κ1) is 20.4. The van der Waals surface area contributed by atoms with Gasteiger partial charge < -0.3 is 9.64 Å². The Morgan fingerprint density at radius 2 is 1.82 bits per heavy atom. The number of nitrogens with zero attached hydrogens (tertiary/aromatic N) is 2. The van der Waals surface area contributed by atoms with E-state index >= 15 is 0 Å². The van der Waals surface area contributed by atoms with Gasteiger partial charge in [-0.15, -0.1) is 0 Å². The van der Waals surface area contributed by atoms with Crippen LogP contribution < -0.4 is 9.64 Å². The van der Waals surface area contributed by atoms with E-state index in [4.69, 9.17) is 4.74 Å². The molecule has 2 aromatic carbocycles. The average molecular weight is 403 g/mol. The summed E-state index contributed by atoms with van der Waals surface area (Å²) in [6, 6.07) is 12.7. The smallest absolute Gasteiger partial charge is 0.264 e. The van der Waals surface area contributed by atoms with Crippen LogP contribution in [-0.4, -0.2) is 45.9 Å². The molecule has 0 saturated heterocycles. The molecule has 28 heavy (non-hydrogen) atoms. The van der Waals surface area contributed by atoms with Gasteiger partial charge in [0.15, 0.2) is 6.61 Å². The molecule has 0 unspecified atom stereocenters. The number of fused-ring (bicyclic) bond motifs is 1. The molecule has 7 heteroatoms. The molecule has 0 spiro atoms. The van der Waals surface area contributed by atoms with Gasteiger partial charge in [-0.2, -0.15) is 0 Å². The zero-order chi connectivity index (χ0) is 20.5. The molecule has 0 atom stereocenters. The summed E-state index contributed by atoms with van der Waals surface area (Å²) in [4.78, 5) is 14.5. The molecule has 0 aliphatic carbocycles. The molecule has 3 rings (SSSR count). The van der Waals surface area contributed by atoms with Crippen molar-refractivity contribution in [3.8, 4) is 5.75 Å². The summed E-state index contributed by atoms with van der Waals surface area (Å²) in [5.41, 5.74) is 2.83. The van der Waals surface area contributed by atoms with Crippen LogP contribution in [0.1, 0.15) is 30.9 Å². The number of benzene rings is 2. The fourth-order valence-corrected chi connectivity index (χ4v) is 4.13. The van der Waals surface area contributed by atoms with Crippen molar-refractivity contribution >= 4 is 21.6 Å². The normalized spacial score (nSPS) is 13.9. The lowest BCUT2D eigenvalue weighted by molar-refractivity contribution is -0.120. The fraction of sp³-hybridized carbons (Fsp3) is 0.381. The summed E-state index contributed by atoms with van der Waals surface area (Å²) in [6.07, 6.45) is 0.626. The molecule has 0 N–H and O–H groups in total. The summed E-state index contributed by atoms with van der Waals surface area (Å²) in [6.45, 7) is 4.71. The van der Waals surface area contributed by atoms with Crippen molar-refractivity contribution in [3.63, 3.8) is 0 Å². The number of carbonyl (C=O) groups excluding carboxylic acids is 1. The van der Waals surface area contributed by atoms with Crippen molar-refractivity contribution in [2.24, 2.45) is 0 Å². The molecular weight excluding hydrogens is 376 g/mol. The van der Waals surface area contributed by atoms with Crippen LogP contribution in [0.15, 0.2) is 47.4 Å². The van der Waals surface area contributed by atoms with E-state index < -0.39 is 10.0 Å². The van der Waals surface area contributed by atoms with E-state index in [9.17, 15) is 13.2 Å². The maximum atomic E-state index is 12.6. The quantitative estimate of drug-likeness (QED) is 0.745. The minimum absolute atomic E-state index is 0.0573. The second kappa shape index (κ2) is 7.93. The van der Waals surface area contributed by atoms with E-state index in [0.29, 0.717) is 24.6 Å². The predicted octanol–water partition coefficient (Wildman–Crippen LogP) is 3.03. The van der Waals surface area contributed by atoms with Crippen molar-refractivity contribution in [1.82, 2.24) is 4.31 Å². The highest BCUT2D eigenvalue weighted by Crippen LogP contribution is 2.31. The van der Waals surface area contributed by atoms with Gasteiger partial charge in [0.25, 0.3) is 5.91 Å². The molecule has 0 fully saturated rings. The first-order valence-electron chi connectivity index (χ1n) is 9.28. The molecule has 0 aromatic heterocycles. The van der Waals surface area contributed by atoms with Crippen LogP contribution in [0.4, 0.5) is 5.69 Å². The maximum Gasteiger partial charge on any atom is 0.264 e. The van der Waals surface area contributed by atoms with Crippen LogP contribution in [0, 0.1) is 0 Å². The third-order valence-corrected chi connectivity index (χ3v) is 6.75. The lowest BCUT2D eigenvalue weighted by atomic mass is 10.0. The summed E-state index contributed by atoms with van der Waals surface area (Å²) in [7, 11) is -0.480. The van der Waals surface area contributed by atoms with Crippen LogP contribution in [0.25, 0.3) is 0 Å². The second-order valence-corrected chi connectivity index (χ2v) is 9.54. The zero-order valence-corrected chi connectivity index (χ0v) is 17.5. The molecule has 1 amide bonds. The Morgan fingerprint density at radius 3 is 2.43 bits per heavy atom. The molecule has 1 aliphatic rings. The van der Waals surface area contributed by atoms with Gasteiger partial charge in [0.05, 0.1) is 4.90 Å².